The van der Waals surface area contributed by atoms with Gasteiger partial charge in [-0.1, -0.05) is 12.1 Å². The number of benzene rings is 1. The molecule has 0 saturated carbocycles. The highest BCUT2D eigenvalue weighted by Gasteiger charge is 2.38. The summed E-state index contributed by atoms with van der Waals surface area (Å²) in [7, 11) is 0. The summed E-state index contributed by atoms with van der Waals surface area (Å²) in [6, 6.07) is 8.36. The Hall–Kier alpha value is -2.77. The molecule has 0 radical (unpaired) electrons. The number of carbonyl (C=O) groups is 2. The number of carbonyl (C=O) groups excluding carboxylic acids is 2. The van der Waals surface area contributed by atoms with Crippen LogP contribution in [0.3, 0.4) is 0 Å². The minimum Gasteiger partial charge on any atom is -0.451 e. The molecule has 8 heteroatoms. The van der Waals surface area contributed by atoms with Gasteiger partial charge < -0.3 is 15.5 Å². The van der Waals surface area contributed by atoms with Gasteiger partial charge >= 0.3 is 12.1 Å². The van der Waals surface area contributed by atoms with Crippen LogP contribution in [-0.4, -0.2) is 18.0 Å². The van der Waals surface area contributed by atoms with Gasteiger partial charge in [-0.2, -0.15) is 13.2 Å². The van der Waals surface area contributed by atoms with Gasteiger partial charge in [-0.15, -0.1) is 0 Å². The van der Waals surface area contributed by atoms with Crippen molar-refractivity contribution >= 4 is 17.5 Å². The number of amides is 2. The number of nitrogens with one attached hydrogen (secondary N) is 1. The first-order valence-corrected chi connectivity index (χ1v) is 5.65. The zero-order valence-electron chi connectivity index (χ0n) is 10.4. The predicted octanol–water partition coefficient (Wildman–Crippen LogP) is 2.55. The molecule has 0 aliphatic heterocycles. The Morgan fingerprint density at radius 2 is 1.86 bits per heavy atom. The third-order valence-electron chi connectivity index (χ3n) is 2.51. The molecule has 1 aromatic heterocycles. The maximum Gasteiger partial charge on any atom is 0.471 e. The van der Waals surface area contributed by atoms with Crippen molar-refractivity contribution in [1.82, 2.24) is 0 Å². The Morgan fingerprint density at radius 1 is 1.14 bits per heavy atom. The van der Waals surface area contributed by atoms with Crippen LogP contribution < -0.4 is 11.1 Å². The van der Waals surface area contributed by atoms with Gasteiger partial charge in [0.05, 0.1) is 0 Å². The monoisotopic (exact) mass is 298 g/mol. The second-order valence-electron chi connectivity index (χ2n) is 4.06. The number of furan rings is 1. The maximum absolute atomic E-state index is 12.2. The van der Waals surface area contributed by atoms with Gasteiger partial charge in [0.15, 0.2) is 5.76 Å². The standard InChI is InChI=1S/C13H9F3N2O3/c14-13(15,16)12(20)18-8-3-1-2-7(6-8)9-4-5-10(21-9)11(17)19/h1-6H,(H2,17,19)(H,18,20). The summed E-state index contributed by atoms with van der Waals surface area (Å²) in [6.07, 6.45) is -4.97. The largest absolute Gasteiger partial charge is 0.471 e. The molecule has 0 fully saturated rings. The van der Waals surface area contributed by atoms with E-state index in [1.165, 1.54) is 30.3 Å². The van der Waals surface area contributed by atoms with Gasteiger partial charge in [0.2, 0.25) is 0 Å². The van der Waals surface area contributed by atoms with Crippen molar-refractivity contribution in [3.63, 3.8) is 0 Å². The van der Waals surface area contributed by atoms with E-state index in [1.807, 2.05) is 0 Å². The summed E-state index contributed by atoms with van der Waals surface area (Å²) in [5.74, 6) is -2.67. The Bertz CT molecular complexity index is 692. The summed E-state index contributed by atoms with van der Waals surface area (Å²) < 4.78 is 41.7. The first kappa shape index (κ1) is 14.6. The summed E-state index contributed by atoms with van der Waals surface area (Å²) in [6.45, 7) is 0. The van der Waals surface area contributed by atoms with E-state index in [9.17, 15) is 22.8 Å². The Labute approximate surface area is 116 Å². The lowest BCUT2D eigenvalue weighted by Crippen LogP contribution is -2.29. The predicted molar refractivity (Wildman–Crippen MR) is 67.3 cm³/mol. The van der Waals surface area contributed by atoms with Gasteiger partial charge in [0, 0.05) is 11.3 Å². The number of primary amides is 1. The fraction of sp³-hybridized carbons (Fsp3) is 0.0769. The van der Waals surface area contributed by atoms with Crippen molar-refractivity contribution in [3.8, 4) is 11.3 Å². The minimum absolute atomic E-state index is 0.0492. The number of hydrogen-bond acceptors (Lipinski definition) is 3. The summed E-state index contributed by atoms with van der Waals surface area (Å²) in [5.41, 5.74) is 5.38. The molecule has 0 unspecified atom stereocenters. The molecule has 5 nitrogen and oxygen atoms in total. The lowest BCUT2D eigenvalue weighted by molar-refractivity contribution is -0.167. The molecule has 2 amide bonds. The second kappa shape index (κ2) is 5.31. The molecular formula is C13H9F3N2O3. The smallest absolute Gasteiger partial charge is 0.451 e. The van der Waals surface area contributed by atoms with Gasteiger partial charge in [0.25, 0.3) is 5.91 Å². The Kier molecular flexibility index (Phi) is 3.70. The zero-order chi connectivity index (χ0) is 15.6. The van der Waals surface area contributed by atoms with E-state index in [4.69, 9.17) is 10.2 Å². The van der Waals surface area contributed by atoms with Crippen LogP contribution in [0.15, 0.2) is 40.8 Å². The van der Waals surface area contributed by atoms with Crippen LogP contribution in [0, 0.1) is 0 Å². The van der Waals surface area contributed by atoms with Crippen LogP contribution in [0.4, 0.5) is 18.9 Å². The van der Waals surface area contributed by atoms with Crippen LogP contribution in [-0.2, 0) is 4.79 Å². The molecule has 0 bridgehead atoms. The van der Waals surface area contributed by atoms with Crippen LogP contribution in [0.1, 0.15) is 10.6 Å². The highest BCUT2D eigenvalue weighted by Crippen LogP contribution is 2.26. The van der Waals surface area contributed by atoms with E-state index in [1.54, 1.807) is 11.4 Å². The summed E-state index contributed by atoms with van der Waals surface area (Å²) in [4.78, 5) is 21.8. The molecule has 2 aromatic rings. The average molecular weight is 298 g/mol. The van der Waals surface area contributed by atoms with E-state index >= 15 is 0 Å². The van der Waals surface area contributed by atoms with Gasteiger partial charge in [-0.3, -0.25) is 9.59 Å². The molecule has 2 rings (SSSR count). The quantitative estimate of drug-likeness (QED) is 0.913. The van der Waals surface area contributed by atoms with Crippen LogP contribution in [0.5, 0.6) is 0 Å². The third kappa shape index (κ3) is 3.41. The fourth-order valence-corrected chi connectivity index (χ4v) is 1.58. The lowest BCUT2D eigenvalue weighted by atomic mass is 10.1. The summed E-state index contributed by atoms with van der Waals surface area (Å²) in [5, 5.41) is 1.72. The SMILES string of the molecule is NC(=O)c1ccc(-c2cccc(NC(=O)C(F)(F)F)c2)o1. The topological polar surface area (TPSA) is 85.3 Å². The van der Waals surface area contributed by atoms with Gasteiger partial charge in [0.1, 0.15) is 5.76 Å². The molecule has 1 aromatic carbocycles. The summed E-state index contributed by atoms with van der Waals surface area (Å²) >= 11 is 0. The van der Waals surface area contributed by atoms with Crippen molar-refractivity contribution in [2.24, 2.45) is 5.73 Å². The van der Waals surface area contributed by atoms with Crippen molar-refractivity contribution in [2.75, 3.05) is 5.32 Å². The molecule has 0 aliphatic carbocycles. The van der Waals surface area contributed by atoms with Crippen LogP contribution in [0.2, 0.25) is 0 Å². The average Bonchev–Trinajstić information content (AvgIpc) is 2.87. The van der Waals surface area contributed by atoms with Crippen molar-refractivity contribution in [1.29, 1.82) is 0 Å². The molecule has 0 saturated heterocycles. The van der Waals surface area contributed by atoms with E-state index in [-0.39, 0.29) is 17.2 Å². The molecule has 1 heterocycles. The normalized spacial score (nSPS) is 11.2. The van der Waals surface area contributed by atoms with E-state index in [2.05, 4.69) is 0 Å². The minimum atomic E-state index is -4.97. The van der Waals surface area contributed by atoms with Crippen molar-refractivity contribution in [2.45, 2.75) is 6.18 Å². The van der Waals surface area contributed by atoms with Crippen LogP contribution in [0.25, 0.3) is 11.3 Å². The first-order chi connectivity index (χ1) is 9.77. The number of rotatable bonds is 3. The van der Waals surface area contributed by atoms with Gasteiger partial charge in [-0.05, 0) is 24.3 Å². The first-order valence-electron chi connectivity index (χ1n) is 5.65. The third-order valence-corrected chi connectivity index (χ3v) is 2.51. The number of alkyl halides is 3. The second-order valence-corrected chi connectivity index (χ2v) is 4.06. The molecule has 0 atom stereocenters. The Balaban J connectivity index is 2.25. The van der Waals surface area contributed by atoms with Crippen molar-refractivity contribution in [3.05, 3.63) is 42.2 Å². The molecule has 110 valence electrons. The highest BCUT2D eigenvalue weighted by atomic mass is 19.4. The number of nitrogens with two attached hydrogens (primary N) is 1. The highest BCUT2D eigenvalue weighted by molar-refractivity contribution is 5.95. The molecule has 3 N–H and O–H groups in total. The zero-order valence-corrected chi connectivity index (χ0v) is 10.4. The molecule has 0 aliphatic rings. The Morgan fingerprint density at radius 3 is 2.43 bits per heavy atom. The fourth-order valence-electron chi connectivity index (χ4n) is 1.58. The maximum atomic E-state index is 12.2. The lowest BCUT2D eigenvalue weighted by Gasteiger charge is -2.08. The van der Waals surface area contributed by atoms with E-state index in [0.717, 1.165) is 0 Å². The number of halogens is 3. The molecule has 0 spiro atoms. The van der Waals surface area contributed by atoms with Crippen LogP contribution >= 0.6 is 0 Å². The number of hydrogen-bond donors (Lipinski definition) is 2. The van der Waals surface area contributed by atoms with Gasteiger partial charge in [-0.25, -0.2) is 0 Å². The van der Waals surface area contributed by atoms with Crippen molar-refractivity contribution < 1.29 is 27.2 Å². The van der Waals surface area contributed by atoms with E-state index < -0.39 is 18.0 Å². The molecule has 21 heavy (non-hydrogen) atoms. The molecular weight excluding hydrogens is 289 g/mol. The number of anilines is 1. The van der Waals surface area contributed by atoms with E-state index in [0.29, 0.717) is 5.56 Å².